The van der Waals surface area contributed by atoms with Crippen molar-refractivity contribution in [2.75, 3.05) is 17.8 Å². The van der Waals surface area contributed by atoms with Gasteiger partial charge in [-0.3, -0.25) is 0 Å². The molecule has 0 saturated heterocycles. The van der Waals surface area contributed by atoms with E-state index in [2.05, 4.69) is 4.98 Å². The molecule has 0 amide bonds. The predicted octanol–water partition coefficient (Wildman–Crippen LogP) is 1.06. The molecular formula is C10H13NO4S2. The SMILES string of the molecule is CS(=O)(=O)CCSCc1ccnc(C(=O)O)c1. The summed E-state index contributed by atoms with van der Waals surface area (Å²) >= 11 is 1.45. The highest BCUT2D eigenvalue weighted by molar-refractivity contribution is 7.99. The lowest BCUT2D eigenvalue weighted by atomic mass is 10.2. The van der Waals surface area contributed by atoms with Crippen LogP contribution in [0.4, 0.5) is 0 Å². The van der Waals surface area contributed by atoms with Gasteiger partial charge in [-0.25, -0.2) is 18.2 Å². The molecule has 0 aromatic carbocycles. The molecule has 0 unspecified atom stereocenters. The molecule has 1 N–H and O–H groups in total. The molecule has 0 atom stereocenters. The zero-order valence-corrected chi connectivity index (χ0v) is 10.9. The number of hydrogen-bond acceptors (Lipinski definition) is 5. The standard InChI is InChI=1S/C10H13NO4S2/c1-17(14,15)5-4-16-7-8-2-3-11-9(6-8)10(12)13/h2-3,6H,4-5,7H2,1H3,(H,12,13). The largest absolute Gasteiger partial charge is 0.477 e. The van der Waals surface area contributed by atoms with Gasteiger partial charge < -0.3 is 5.11 Å². The van der Waals surface area contributed by atoms with E-state index >= 15 is 0 Å². The summed E-state index contributed by atoms with van der Waals surface area (Å²) in [4.78, 5) is 14.4. The quantitative estimate of drug-likeness (QED) is 0.781. The number of aromatic carboxylic acids is 1. The van der Waals surface area contributed by atoms with Crippen LogP contribution in [-0.4, -0.2) is 42.2 Å². The zero-order valence-electron chi connectivity index (χ0n) is 9.29. The molecule has 5 nitrogen and oxygen atoms in total. The lowest BCUT2D eigenvalue weighted by Gasteiger charge is -2.02. The van der Waals surface area contributed by atoms with Crippen molar-refractivity contribution in [2.45, 2.75) is 5.75 Å². The molecule has 7 heteroatoms. The Hall–Kier alpha value is -1.08. The molecule has 0 spiro atoms. The van der Waals surface area contributed by atoms with Crippen molar-refractivity contribution in [1.29, 1.82) is 0 Å². The fourth-order valence-electron chi connectivity index (χ4n) is 1.08. The minimum atomic E-state index is -2.93. The van der Waals surface area contributed by atoms with Crippen LogP contribution in [0.25, 0.3) is 0 Å². The fraction of sp³-hybridized carbons (Fsp3) is 0.400. The second-order valence-corrected chi connectivity index (χ2v) is 6.90. The average Bonchev–Trinajstić information content (AvgIpc) is 2.23. The van der Waals surface area contributed by atoms with Gasteiger partial charge in [-0.1, -0.05) is 0 Å². The van der Waals surface area contributed by atoms with Crippen LogP contribution in [0.1, 0.15) is 16.1 Å². The van der Waals surface area contributed by atoms with Gasteiger partial charge in [0, 0.05) is 24.0 Å². The summed E-state index contributed by atoms with van der Waals surface area (Å²) in [7, 11) is -2.93. The molecule has 0 saturated carbocycles. The highest BCUT2D eigenvalue weighted by Crippen LogP contribution is 2.12. The molecule has 1 heterocycles. The van der Waals surface area contributed by atoms with Crippen molar-refractivity contribution >= 4 is 27.6 Å². The first-order chi connectivity index (χ1) is 7.88. The van der Waals surface area contributed by atoms with Crippen LogP contribution in [0.15, 0.2) is 18.3 Å². The average molecular weight is 275 g/mol. The summed E-state index contributed by atoms with van der Waals surface area (Å²) in [5.41, 5.74) is 0.835. The smallest absolute Gasteiger partial charge is 0.354 e. The van der Waals surface area contributed by atoms with E-state index < -0.39 is 15.8 Å². The zero-order chi connectivity index (χ0) is 12.9. The van der Waals surface area contributed by atoms with Crippen molar-refractivity contribution in [3.8, 4) is 0 Å². The van der Waals surface area contributed by atoms with Crippen molar-refractivity contribution in [1.82, 2.24) is 4.98 Å². The van der Waals surface area contributed by atoms with Crippen molar-refractivity contribution in [3.05, 3.63) is 29.6 Å². The number of nitrogens with zero attached hydrogens (tertiary/aromatic N) is 1. The number of sulfone groups is 1. The molecule has 0 radical (unpaired) electrons. The minimum Gasteiger partial charge on any atom is -0.477 e. The summed E-state index contributed by atoms with van der Waals surface area (Å²) in [6.45, 7) is 0. The van der Waals surface area contributed by atoms with Gasteiger partial charge in [0.1, 0.15) is 15.5 Å². The molecular weight excluding hydrogens is 262 g/mol. The second kappa shape index (κ2) is 6.02. The third kappa shape index (κ3) is 5.69. The molecule has 1 aromatic rings. The second-order valence-electron chi connectivity index (χ2n) is 3.54. The number of pyridine rings is 1. The highest BCUT2D eigenvalue weighted by atomic mass is 32.2. The Bertz CT molecular complexity index is 499. The first-order valence-electron chi connectivity index (χ1n) is 4.82. The number of hydrogen-bond donors (Lipinski definition) is 1. The summed E-state index contributed by atoms with van der Waals surface area (Å²) < 4.78 is 21.8. The Balaban J connectivity index is 2.47. The van der Waals surface area contributed by atoms with Gasteiger partial charge in [0.05, 0.1) is 5.75 Å². The van der Waals surface area contributed by atoms with Crippen molar-refractivity contribution in [2.24, 2.45) is 0 Å². The van der Waals surface area contributed by atoms with Crippen LogP contribution in [-0.2, 0) is 15.6 Å². The van der Waals surface area contributed by atoms with Crippen LogP contribution in [0, 0.1) is 0 Å². The molecule has 94 valence electrons. The number of thioether (sulfide) groups is 1. The van der Waals surface area contributed by atoms with Crippen molar-refractivity contribution in [3.63, 3.8) is 0 Å². The maximum Gasteiger partial charge on any atom is 0.354 e. The van der Waals surface area contributed by atoms with Gasteiger partial charge in [0.15, 0.2) is 0 Å². The van der Waals surface area contributed by atoms with E-state index in [1.165, 1.54) is 30.3 Å². The van der Waals surface area contributed by atoms with E-state index in [1.807, 2.05) is 0 Å². The Morgan fingerprint density at radius 2 is 2.24 bits per heavy atom. The first kappa shape index (κ1) is 14.0. The lowest BCUT2D eigenvalue weighted by Crippen LogP contribution is -2.05. The third-order valence-corrected chi connectivity index (χ3v) is 4.15. The summed E-state index contributed by atoms with van der Waals surface area (Å²) in [5.74, 6) is 0.157. The van der Waals surface area contributed by atoms with Crippen LogP contribution < -0.4 is 0 Å². The Morgan fingerprint density at radius 1 is 1.53 bits per heavy atom. The van der Waals surface area contributed by atoms with Crippen LogP contribution in [0.3, 0.4) is 0 Å². The first-order valence-corrected chi connectivity index (χ1v) is 8.04. The van der Waals surface area contributed by atoms with Crippen LogP contribution in [0.2, 0.25) is 0 Å². The predicted molar refractivity (Wildman–Crippen MR) is 67.1 cm³/mol. The number of carboxylic acid groups (broad SMARTS) is 1. The van der Waals surface area contributed by atoms with Gasteiger partial charge in [0.25, 0.3) is 0 Å². The van der Waals surface area contributed by atoms with E-state index in [0.29, 0.717) is 11.5 Å². The summed E-state index contributed by atoms with van der Waals surface area (Å²) in [6, 6.07) is 3.22. The van der Waals surface area contributed by atoms with Gasteiger partial charge in [0.2, 0.25) is 0 Å². The minimum absolute atomic E-state index is 0.00575. The Morgan fingerprint density at radius 3 is 2.82 bits per heavy atom. The summed E-state index contributed by atoms with van der Waals surface area (Å²) in [5, 5.41) is 8.74. The number of aromatic nitrogens is 1. The molecule has 1 aromatic heterocycles. The highest BCUT2D eigenvalue weighted by Gasteiger charge is 2.06. The van der Waals surface area contributed by atoms with Gasteiger partial charge in [-0.05, 0) is 17.7 Å². The molecule has 0 aliphatic carbocycles. The van der Waals surface area contributed by atoms with Gasteiger partial charge in [-0.15, -0.1) is 0 Å². The molecule has 1 rings (SSSR count). The fourth-order valence-corrected chi connectivity index (χ4v) is 3.32. The van der Waals surface area contributed by atoms with E-state index in [-0.39, 0.29) is 11.4 Å². The molecule has 0 fully saturated rings. The molecule has 0 bridgehead atoms. The topological polar surface area (TPSA) is 84.3 Å². The Kier molecular flexibility index (Phi) is 4.95. The van der Waals surface area contributed by atoms with E-state index in [4.69, 9.17) is 5.11 Å². The molecule has 17 heavy (non-hydrogen) atoms. The number of carboxylic acids is 1. The van der Waals surface area contributed by atoms with Gasteiger partial charge >= 0.3 is 5.97 Å². The maximum atomic E-state index is 10.9. The van der Waals surface area contributed by atoms with Crippen LogP contribution in [0.5, 0.6) is 0 Å². The van der Waals surface area contributed by atoms with Crippen molar-refractivity contribution < 1.29 is 18.3 Å². The van der Waals surface area contributed by atoms with E-state index in [9.17, 15) is 13.2 Å². The summed E-state index contributed by atoms with van der Waals surface area (Å²) in [6.07, 6.45) is 2.64. The maximum absolute atomic E-state index is 10.9. The third-order valence-electron chi connectivity index (χ3n) is 1.91. The Labute approximate surface area is 104 Å². The van der Waals surface area contributed by atoms with E-state index in [0.717, 1.165) is 5.56 Å². The molecule has 0 aliphatic rings. The number of rotatable bonds is 6. The molecule has 0 aliphatic heterocycles. The monoisotopic (exact) mass is 275 g/mol. The van der Waals surface area contributed by atoms with Gasteiger partial charge in [-0.2, -0.15) is 11.8 Å². The number of carbonyl (C=O) groups is 1. The normalized spacial score (nSPS) is 11.4. The van der Waals surface area contributed by atoms with Crippen LogP contribution >= 0.6 is 11.8 Å². The van der Waals surface area contributed by atoms with E-state index in [1.54, 1.807) is 6.07 Å². The lowest BCUT2D eigenvalue weighted by molar-refractivity contribution is 0.0690.